The number of methoxy groups -OCH3 is 1. The van der Waals surface area contributed by atoms with Crippen LogP contribution < -0.4 is 0 Å². The summed E-state index contributed by atoms with van der Waals surface area (Å²) in [6, 6.07) is 0. The van der Waals surface area contributed by atoms with E-state index in [9.17, 15) is 0 Å². The van der Waals surface area contributed by atoms with Crippen LogP contribution in [0.15, 0.2) is 0 Å². The maximum absolute atomic E-state index is 5.10. The summed E-state index contributed by atoms with van der Waals surface area (Å²) in [5.41, 5.74) is 0. The van der Waals surface area contributed by atoms with Crippen LogP contribution in [0.25, 0.3) is 0 Å². The molecule has 3 nitrogen and oxygen atoms in total. The summed E-state index contributed by atoms with van der Waals surface area (Å²) in [5, 5.41) is 0. The molecule has 0 fully saturated rings. The number of hydrogen-bond acceptors (Lipinski definition) is 3. The van der Waals surface area contributed by atoms with E-state index in [2.05, 4.69) is 22.6 Å². The van der Waals surface area contributed by atoms with Gasteiger partial charge in [-0.05, 0) is 6.92 Å². The van der Waals surface area contributed by atoms with Crippen molar-refractivity contribution in [3.05, 3.63) is 0 Å². The Kier molecular flexibility index (Phi) is 8.18. The third-order valence-corrected chi connectivity index (χ3v) is 1.17. The van der Waals surface area contributed by atoms with Gasteiger partial charge in [0.15, 0.2) is 0 Å². The molecule has 0 saturated heterocycles. The monoisotopic (exact) mass is 260 g/mol. The van der Waals surface area contributed by atoms with E-state index in [4.69, 9.17) is 14.2 Å². The van der Waals surface area contributed by atoms with Gasteiger partial charge in [0.1, 0.15) is 10.9 Å². The van der Waals surface area contributed by atoms with E-state index in [0.717, 1.165) is 0 Å². The van der Waals surface area contributed by atoms with Crippen LogP contribution in [-0.4, -0.2) is 31.2 Å². The molecular formula is C6H13IO3. The zero-order valence-corrected chi connectivity index (χ0v) is 8.46. The topological polar surface area (TPSA) is 27.7 Å². The molecule has 4 heteroatoms. The molecule has 0 aliphatic heterocycles. The first-order valence-electron chi connectivity index (χ1n) is 3.09. The molecule has 0 aliphatic rings. The minimum absolute atomic E-state index is 0.208. The Hall–Kier alpha value is 0.610. The lowest BCUT2D eigenvalue weighted by Crippen LogP contribution is -2.08. The summed E-state index contributed by atoms with van der Waals surface area (Å²) in [4.78, 5) is 0. The predicted octanol–water partition coefficient (Wildman–Crippen LogP) is 1.40. The zero-order chi connectivity index (χ0) is 7.82. The third kappa shape index (κ3) is 8.61. The van der Waals surface area contributed by atoms with E-state index < -0.39 is 0 Å². The lowest BCUT2D eigenvalue weighted by atomic mass is 10.8. The minimum atomic E-state index is 0.208. The maximum atomic E-state index is 5.10. The first-order valence-corrected chi connectivity index (χ1v) is 4.34. The largest absolute Gasteiger partial charge is 0.382 e. The Labute approximate surface area is 75.2 Å². The molecule has 0 bridgehead atoms. The van der Waals surface area contributed by atoms with Crippen LogP contribution >= 0.6 is 22.6 Å². The van der Waals surface area contributed by atoms with Crippen molar-refractivity contribution in [3.8, 4) is 0 Å². The Morgan fingerprint density at radius 2 is 2.10 bits per heavy atom. The number of rotatable bonds is 6. The van der Waals surface area contributed by atoms with Gasteiger partial charge in [-0.15, -0.1) is 0 Å². The molecule has 10 heavy (non-hydrogen) atoms. The first kappa shape index (κ1) is 10.6. The molecule has 0 aromatic heterocycles. The average molecular weight is 260 g/mol. The van der Waals surface area contributed by atoms with Crippen molar-refractivity contribution in [1.82, 2.24) is 0 Å². The van der Waals surface area contributed by atoms with Crippen molar-refractivity contribution in [2.75, 3.05) is 27.1 Å². The molecule has 0 radical (unpaired) electrons. The molecule has 0 aromatic rings. The molecule has 0 aromatic carbocycles. The Morgan fingerprint density at radius 1 is 1.40 bits per heavy atom. The Balaban J connectivity index is 2.77. The van der Waals surface area contributed by atoms with E-state index in [0.29, 0.717) is 20.0 Å². The molecule has 0 rings (SSSR count). The average Bonchev–Trinajstić information content (AvgIpc) is 1.87. The fourth-order valence-corrected chi connectivity index (χ4v) is 0.490. The van der Waals surface area contributed by atoms with Gasteiger partial charge >= 0.3 is 0 Å². The van der Waals surface area contributed by atoms with Crippen molar-refractivity contribution in [3.63, 3.8) is 0 Å². The standard InChI is InChI=1S/C6H13IO3/c1-6(7)10-5-9-4-3-8-2/h6H,3-5H2,1-2H3. The van der Waals surface area contributed by atoms with E-state index in [-0.39, 0.29) is 4.11 Å². The normalized spacial score (nSPS) is 13.5. The number of hydrogen-bond donors (Lipinski definition) is 0. The van der Waals surface area contributed by atoms with Crippen molar-refractivity contribution in [1.29, 1.82) is 0 Å². The molecule has 1 atom stereocenters. The molecule has 62 valence electrons. The van der Waals surface area contributed by atoms with Crippen LogP contribution in [0.2, 0.25) is 0 Å². The van der Waals surface area contributed by atoms with E-state index in [1.165, 1.54) is 0 Å². The molecule has 0 amide bonds. The van der Waals surface area contributed by atoms with Crippen molar-refractivity contribution in [2.24, 2.45) is 0 Å². The van der Waals surface area contributed by atoms with Crippen molar-refractivity contribution >= 4 is 22.6 Å². The van der Waals surface area contributed by atoms with Crippen molar-refractivity contribution < 1.29 is 14.2 Å². The van der Waals surface area contributed by atoms with Gasteiger partial charge in [0.2, 0.25) is 0 Å². The van der Waals surface area contributed by atoms with Gasteiger partial charge in [-0.1, -0.05) is 22.6 Å². The van der Waals surface area contributed by atoms with Gasteiger partial charge in [0.05, 0.1) is 13.2 Å². The van der Waals surface area contributed by atoms with Crippen molar-refractivity contribution in [2.45, 2.75) is 11.0 Å². The molecule has 0 N–H and O–H groups in total. The highest BCUT2D eigenvalue weighted by Crippen LogP contribution is 1.99. The fourth-order valence-electron chi connectivity index (χ4n) is 0.343. The summed E-state index contributed by atoms with van der Waals surface area (Å²) in [7, 11) is 1.64. The molecule has 0 spiro atoms. The lowest BCUT2D eigenvalue weighted by Gasteiger charge is -2.05. The van der Waals surface area contributed by atoms with Crippen LogP contribution in [0, 0.1) is 0 Å². The second kappa shape index (κ2) is 7.71. The Bertz CT molecular complexity index is 68.0. The first-order chi connectivity index (χ1) is 4.77. The van der Waals surface area contributed by atoms with Crippen LogP contribution in [-0.2, 0) is 14.2 Å². The summed E-state index contributed by atoms with van der Waals surface area (Å²) >= 11 is 2.17. The summed E-state index contributed by atoms with van der Waals surface area (Å²) in [6.07, 6.45) is 0. The third-order valence-electron chi connectivity index (χ3n) is 0.813. The molecule has 0 saturated carbocycles. The summed E-state index contributed by atoms with van der Waals surface area (Å²) in [6.45, 7) is 3.53. The van der Waals surface area contributed by atoms with Crippen LogP contribution in [0.1, 0.15) is 6.92 Å². The van der Waals surface area contributed by atoms with Gasteiger partial charge < -0.3 is 14.2 Å². The molecule has 0 heterocycles. The second-order valence-corrected chi connectivity index (χ2v) is 3.48. The minimum Gasteiger partial charge on any atom is -0.382 e. The molecule has 1 unspecified atom stereocenters. The van der Waals surface area contributed by atoms with Gasteiger partial charge in [-0.2, -0.15) is 0 Å². The zero-order valence-electron chi connectivity index (χ0n) is 6.30. The lowest BCUT2D eigenvalue weighted by molar-refractivity contribution is -0.0666. The predicted molar refractivity (Wildman–Crippen MR) is 47.3 cm³/mol. The van der Waals surface area contributed by atoms with Gasteiger partial charge in [-0.25, -0.2) is 0 Å². The van der Waals surface area contributed by atoms with E-state index in [1.807, 2.05) is 6.92 Å². The summed E-state index contributed by atoms with van der Waals surface area (Å²) < 4.78 is 15.1. The van der Waals surface area contributed by atoms with Gasteiger partial charge in [0.25, 0.3) is 0 Å². The summed E-state index contributed by atoms with van der Waals surface area (Å²) in [5.74, 6) is 0. The molecule has 0 aliphatic carbocycles. The van der Waals surface area contributed by atoms with Crippen LogP contribution in [0.5, 0.6) is 0 Å². The maximum Gasteiger partial charge on any atom is 0.148 e. The highest BCUT2D eigenvalue weighted by molar-refractivity contribution is 14.1. The number of halogens is 1. The number of alkyl halides is 1. The quantitative estimate of drug-likeness (QED) is 0.313. The number of ether oxygens (including phenoxy) is 3. The highest BCUT2D eigenvalue weighted by Gasteiger charge is 1.92. The smallest absolute Gasteiger partial charge is 0.148 e. The highest BCUT2D eigenvalue weighted by atomic mass is 127. The van der Waals surface area contributed by atoms with Crippen LogP contribution in [0.3, 0.4) is 0 Å². The molecular weight excluding hydrogens is 247 g/mol. The van der Waals surface area contributed by atoms with E-state index >= 15 is 0 Å². The van der Waals surface area contributed by atoms with Gasteiger partial charge in [-0.3, -0.25) is 0 Å². The second-order valence-electron chi connectivity index (χ2n) is 1.73. The van der Waals surface area contributed by atoms with Gasteiger partial charge in [0, 0.05) is 7.11 Å². The van der Waals surface area contributed by atoms with E-state index in [1.54, 1.807) is 7.11 Å². The fraction of sp³-hybridized carbons (Fsp3) is 1.00. The SMILES string of the molecule is COCCOCOC(C)I. The van der Waals surface area contributed by atoms with Crippen LogP contribution in [0.4, 0.5) is 0 Å². The Morgan fingerprint density at radius 3 is 2.60 bits per heavy atom.